The SMILES string of the molecule is CCc1cccc(-c2c(C)cc3c(c2C)C(=O)C(COC)(COC)O3)c1. The van der Waals surface area contributed by atoms with Crippen molar-refractivity contribution >= 4 is 5.78 Å². The molecule has 1 aliphatic heterocycles. The fraction of sp³-hybridized carbons (Fsp3) is 0.409. The van der Waals surface area contributed by atoms with Crippen LogP contribution in [-0.4, -0.2) is 38.8 Å². The summed E-state index contributed by atoms with van der Waals surface area (Å²) in [4.78, 5) is 13.3. The minimum Gasteiger partial charge on any atom is -0.473 e. The highest BCUT2D eigenvalue weighted by Gasteiger charge is 2.49. The number of methoxy groups -OCH3 is 2. The molecule has 1 aliphatic rings. The molecule has 0 bridgehead atoms. The standard InChI is InChI=1S/C22H26O4/c1-6-16-8-7-9-17(11-16)19-14(2)10-18-20(15(19)3)21(23)22(26-18,12-24-4)13-25-5/h7-11H,6,12-13H2,1-5H3. The number of aryl methyl sites for hydroxylation is 2. The molecular formula is C22H26O4. The Morgan fingerprint density at radius 1 is 1.04 bits per heavy atom. The maximum absolute atomic E-state index is 13.3. The monoisotopic (exact) mass is 354 g/mol. The van der Waals surface area contributed by atoms with Crippen molar-refractivity contribution in [3.63, 3.8) is 0 Å². The number of carbonyl (C=O) groups excluding carboxylic acids is 1. The summed E-state index contributed by atoms with van der Waals surface area (Å²) in [6.07, 6.45) is 0.976. The van der Waals surface area contributed by atoms with Crippen molar-refractivity contribution in [1.82, 2.24) is 0 Å². The Morgan fingerprint density at radius 2 is 1.73 bits per heavy atom. The lowest BCUT2D eigenvalue weighted by Gasteiger charge is -2.25. The average Bonchev–Trinajstić information content (AvgIpc) is 2.87. The first-order valence-electron chi connectivity index (χ1n) is 8.92. The minimum atomic E-state index is -1.10. The number of fused-ring (bicyclic) bond motifs is 1. The fourth-order valence-corrected chi connectivity index (χ4v) is 3.88. The lowest BCUT2D eigenvalue weighted by Crippen LogP contribution is -2.48. The van der Waals surface area contributed by atoms with Gasteiger partial charge in [0.1, 0.15) is 5.75 Å². The van der Waals surface area contributed by atoms with E-state index in [1.165, 1.54) is 5.56 Å². The Morgan fingerprint density at radius 3 is 2.35 bits per heavy atom. The molecule has 0 amide bonds. The fourth-order valence-electron chi connectivity index (χ4n) is 3.88. The van der Waals surface area contributed by atoms with Crippen LogP contribution in [0.25, 0.3) is 11.1 Å². The molecule has 0 atom stereocenters. The third-order valence-electron chi connectivity index (χ3n) is 5.06. The molecule has 0 N–H and O–H groups in total. The second-order valence-corrected chi connectivity index (χ2v) is 6.91. The Balaban J connectivity index is 2.15. The number of carbonyl (C=O) groups is 1. The van der Waals surface area contributed by atoms with E-state index in [0.29, 0.717) is 11.3 Å². The van der Waals surface area contributed by atoms with E-state index in [9.17, 15) is 4.79 Å². The van der Waals surface area contributed by atoms with Crippen molar-refractivity contribution in [3.05, 3.63) is 52.6 Å². The Bertz CT molecular complexity index is 832. The first kappa shape index (κ1) is 18.6. The molecule has 0 unspecified atom stereocenters. The first-order valence-corrected chi connectivity index (χ1v) is 8.92. The Hall–Kier alpha value is -2.17. The van der Waals surface area contributed by atoms with E-state index in [0.717, 1.165) is 28.7 Å². The molecule has 26 heavy (non-hydrogen) atoms. The lowest BCUT2D eigenvalue weighted by atomic mass is 9.87. The van der Waals surface area contributed by atoms with Gasteiger partial charge >= 0.3 is 0 Å². The molecule has 2 aromatic rings. The van der Waals surface area contributed by atoms with Gasteiger partial charge in [-0.2, -0.15) is 0 Å². The molecule has 0 spiro atoms. The molecule has 4 nitrogen and oxygen atoms in total. The number of benzene rings is 2. The predicted molar refractivity (Wildman–Crippen MR) is 102 cm³/mol. The van der Waals surface area contributed by atoms with Crippen LogP contribution in [0.3, 0.4) is 0 Å². The van der Waals surface area contributed by atoms with E-state index in [4.69, 9.17) is 14.2 Å². The van der Waals surface area contributed by atoms with E-state index >= 15 is 0 Å². The summed E-state index contributed by atoms with van der Waals surface area (Å²) in [6.45, 7) is 6.52. The van der Waals surface area contributed by atoms with Gasteiger partial charge in [-0.1, -0.05) is 31.2 Å². The van der Waals surface area contributed by atoms with E-state index < -0.39 is 5.60 Å². The van der Waals surface area contributed by atoms with E-state index in [2.05, 4.69) is 38.1 Å². The minimum absolute atomic E-state index is 0.0680. The van der Waals surface area contributed by atoms with Crippen molar-refractivity contribution in [3.8, 4) is 16.9 Å². The van der Waals surface area contributed by atoms with Crippen molar-refractivity contribution in [2.75, 3.05) is 27.4 Å². The van der Waals surface area contributed by atoms with Crippen molar-refractivity contribution < 1.29 is 19.0 Å². The summed E-state index contributed by atoms with van der Waals surface area (Å²) in [5, 5.41) is 0. The number of hydrogen-bond donors (Lipinski definition) is 0. The van der Waals surface area contributed by atoms with Crippen molar-refractivity contribution in [2.24, 2.45) is 0 Å². The van der Waals surface area contributed by atoms with Crippen LogP contribution in [0.5, 0.6) is 5.75 Å². The summed E-state index contributed by atoms with van der Waals surface area (Å²) in [5.41, 5.74) is 5.08. The number of hydrogen-bond acceptors (Lipinski definition) is 4. The van der Waals surface area contributed by atoms with Crippen LogP contribution < -0.4 is 4.74 Å². The van der Waals surface area contributed by atoms with Gasteiger partial charge in [-0.05, 0) is 54.2 Å². The van der Waals surface area contributed by atoms with Gasteiger partial charge in [0, 0.05) is 14.2 Å². The highest BCUT2D eigenvalue weighted by atomic mass is 16.6. The molecule has 0 saturated heterocycles. The molecule has 2 aromatic carbocycles. The smallest absolute Gasteiger partial charge is 0.217 e. The zero-order valence-corrected chi connectivity index (χ0v) is 16.1. The van der Waals surface area contributed by atoms with Crippen LogP contribution in [0.4, 0.5) is 0 Å². The predicted octanol–water partition coefficient (Wildman–Crippen LogP) is 4.14. The number of Topliss-reactive ketones (excluding diaryl/α,β-unsaturated/α-hetero) is 1. The molecule has 0 saturated carbocycles. The van der Waals surface area contributed by atoms with Gasteiger partial charge in [0.05, 0.1) is 18.8 Å². The van der Waals surface area contributed by atoms with Crippen molar-refractivity contribution in [2.45, 2.75) is 32.8 Å². The Labute approximate surface area is 155 Å². The Kier molecular flexibility index (Phi) is 5.17. The second-order valence-electron chi connectivity index (χ2n) is 6.91. The van der Waals surface area contributed by atoms with Crippen LogP contribution >= 0.6 is 0 Å². The van der Waals surface area contributed by atoms with Crippen LogP contribution in [-0.2, 0) is 15.9 Å². The van der Waals surface area contributed by atoms with Crippen LogP contribution in [0.15, 0.2) is 30.3 Å². The zero-order valence-electron chi connectivity index (χ0n) is 16.1. The van der Waals surface area contributed by atoms with Gasteiger partial charge in [-0.3, -0.25) is 4.79 Å². The molecule has 0 fully saturated rings. The largest absolute Gasteiger partial charge is 0.473 e. The quantitative estimate of drug-likeness (QED) is 0.782. The summed E-state index contributed by atoms with van der Waals surface area (Å²) in [6, 6.07) is 10.4. The molecular weight excluding hydrogens is 328 g/mol. The summed E-state index contributed by atoms with van der Waals surface area (Å²) in [7, 11) is 3.13. The normalized spacial score (nSPS) is 15.0. The molecule has 0 aromatic heterocycles. The number of ketones is 1. The third kappa shape index (κ3) is 2.93. The van der Waals surface area contributed by atoms with E-state index in [1.54, 1.807) is 14.2 Å². The number of ether oxygens (including phenoxy) is 3. The zero-order chi connectivity index (χ0) is 18.9. The van der Waals surface area contributed by atoms with Gasteiger partial charge < -0.3 is 14.2 Å². The highest BCUT2D eigenvalue weighted by Crippen LogP contribution is 2.43. The lowest BCUT2D eigenvalue weighted by molar-refractivity contribution is -0.0299. The van der Waals surface area contributed by atoms with E-state index in [1.807, 2.05) is 13.0 Å². The first-order chi connectivity index (χ1) is 12.5. The number of rotatable bonds is 6. The molecule has 138 valence electrons. The maximum atomic E-state index is 13.3. The molecule has 4 heteroatoms. The summed E-state index contributed by atoms with van der Waals surface area (Å²) < 4.78 is 16.6. The molecule has 1 heterocycles. The van der Waals surface area contributed by atoms with Crippen molar-refractivity contribution in [1.29, 1.82) is 0 Å². The molecule has 0 radical (unpaired) electrons. The van der Waals surface area contributed by atoms with Gasteiger partial charge in [0.25, 0.3) is 0 Å². The van der Waals surface area contributed by atoms with Crippen LogP contribution in [0.1, 0.15) is 34.0 Å². The van der Waals surface area contributed by atoms with Crippen LogP contribution in [0.2, 0.25) is 0 Å². The molecule has 3 rings (SSSR count). The summed E-state index contributed by atoms with van der Waals surface area (Å²) >= 11 is 0. The second kappa shape index (κ2) is 7.22. The topological polar surface area (TPSA) is 44.8 Å². The average molecular weight is 354 g/mol. The van der Waals surface area contributed by atoms with Crippen LogP contribution in [0, 0.1) is 13.8 Å². The maximum Gasteiger partial charge on any atom is 0.217 e. The molecule has 0 aliphatic carbocycles. The van der Waals surface area contributed by atoms with Gasteiger partial charge in [-0.15, -0.1) is 0 Å². The van der Waals surface area contributed by atoms with Gasteiger partial charge in [0.2, 0.25) is 11.4 Å². The van der Waals surface area contributed by atoms with Gasteiger partial charge in [0.15, 0.2) is 0 Å². The van der Waals surface area contributed by atoms with Gasteiger partial charge in [-0.25, -0.2) is 0 Å². The highest BCUT2D eigenvalue weighted by molar-refractivity contribution is 6.10. The van der Waals surface area contributed by atoms with E-state index in [-0.39, 0.29) is 19.0 Å². The summed E-state index contributed by atoms with van der Waals surface area (Å²) in [5.74, 6) is 0.552. The third-order valence-corrected chi connectivity index (χ3v) is 5.06.